The Bertz CT molecular complexity index is 491. The Hall–Kier alpha value is -1.20. The predicted octanol–water partition coefficient (Wildman–Crippen LogP) is 3.53. The minimum absolute atomic E-state index is 0.000146. The molecule has 0 heterocycles. The molecule has 1 aromatic carbocycles. The van der Waals surface area contributed by atoms with Gasteiger partial charge in [-0.3, -0.25) is 4.79 Å². The fourth-order valence-corrected chi connectivity index (χ4v) is 2.80. The maximum atomic E-state index is 11.9. The van der Waals surface area contributed by atoms with Gasteiger partial charge in [-0.1, -0.05) is 25.4 Å². The van der Waals surface area contributed by atoms with Crippen molar-refractivity contribution < 1.29 is 14.3 Å². The molecule has 0 aliphatic rings. The van der Waals surface area contributed by atoms with Gasteiger partial charge in [0.1, 0.15) is 6.04 Å². The summed E-state index contributed by atoms with van der Waals surface area (Å²) in [6.45, 7) is 3.75. The number of ether oxygens (including phenoxy) is 1. The van der Waals surface area contributed by atoms with Gasteiger partial charge in [0.2, 0.25) is 5.91 Å². The molecule has 0 aliphatic heterocycles. The highest BCUT2D eigenvalue weighted by Crippen LogP contribution is 2.21. The van der Waals surface area contributed by atoms with E-state index in [-0.39, 0.29) is 11.8 Å². The maximum absolute atomic E-state index is 11.9. The molecule has 22 heavy (non-hydrogen) atoms. The molecule has 0 bridgehead atoms. The van der Waals surface area contributed by atoms with Crippen LogP contribution in [0, 0.1) is 5.92 Å². The summed E-state index contributed by atoms with van der Waals surface area (Å²) in [5.41, 5.74) is 0. The van der Waals surface area contributed by atoms with Gasteiger partial charge in [0.15, 0.2) is 0 Å². The second-order valence-corrected chi connectivity index (χ2v) is 6.82. The Labute approximate surface area is 140 Å². The summed E-state index contributed by atoms with van der Waals surface area (Å²) in [5, 5.41) is 3.45. The molecule has 4 nitrogen and oxygen atoms in total. The number of nitrogens with one attached hydrogen (secondary N) is 1. The van der Waals surface area contributed by atoms with Crippen LogP contribution in [0.15, 0.2) is 29.2 Å². The molecule has 0 saturated carbocycles. The highest BCUT2D eigenvalue weighted by Gasteiger charge is 2.24. The average molecular weight is 344 g/mol. The van der Waals surface area contributed by atoms with Crippen molar-refractivity contribution in [3.63, 3.8) is 0 Å². The number of methoxy groups -OCH3 is 1. The lowest BCUT2D eigenvalue weighted by Gasteiger charge is -2.19. The topological polar surface area (TPSA) is 55.4 Å². The van der Waals surface area contributed by atoms with Crippen LogP contribution in [0.4, 0.5) is 0 Å². The van der Waals surface area contributed by atoms with Crippen molar-refractivity contribution in [3.8, 4) is 0 Å². The van der Waals surface area contributed by atoms with Crippen LogP contribution in [0.25, 0.3) is 0 Å². The van der Waals surface area contributed by atoms with Crippen molar-refractivity contribution in [2.24, 2.45) is 5.92 Å². The Balaban J connectivity index is 2.30. The fourth-order valence-electron chi connectivity index (χ4n) is 1.82. The van der Waals surface area contributed by atoms with Crippen molar-refractivity contribution in [1.82, 2.24) is 5.32 Å². The molecule has 122 valence electrons. The quantitative estimate of drug-likeness (QED) is 0.445. The molecule has 1 rings (SSSR count). The summed E-state index contributed by atoms with van der Waals surface area (Å²) >= 11 is 7.50. The number of carbonyl (C=O) groups excluding carboxylic acids is 2. The average Bonchev–Trinajstić information content (AvgIpc) is 2.50. The SMILES string of the molecule is COC(=O)C(NC(=O)CCCSc1ccc(Cl)cc1)C(C)C. The molecular formula is C16H22ClNO3S. The van der Waals surface area contributed by atoms with Crippen LogP contribution in [-0.4, -0.2) is 30.8 Å². The van der Waals surface area contributed by atoms with E-state index in [4.69, 9.17) is 16.3 Å². The largest absolute Gasteiger partial charge is 0.467 e. The van der Waals surface area contributed by atoms with Crippen molar-refractivity contribution >= 4 is 35.2 Å². The highest BCUT2D eigenvalue weighted by atomic mass is 35.5. The normalized spacial score (nSPS) is 12.0. The molecule has 0 spiro atoms. The lowest BCUT2D eigenvalue weighted by atomic mass is 10.0. The molecule has 1 amide bonds. The van der Waals surface area contributed by atoms with Crippen LogP contribution in [-0.2, 0) is 14.3 Å². The van der Waals surface area contributed by atoms with Gasteiger partial charge in [-0.15, -0.1) is 11.8 Å². The van der Waals surface area contributed by atoms with Crippen LogP contribution in [0.1, 0.15) is 26.7 Å². The van der Waals surface area contributed by atoms with Gasteiger partial charge < -0.3 is 10.1 Å². The van der Waals surface area contributed by atoms with E-state index >= 15 is 0 Å². The second-order valence-electron chi connectivity index (χ2n) is 5.22. The summed E-state index contributed by atoms with van der Waals surface area (Å²) in [6, 6.07) is 7.03. The van der Waals surface area contributed by atoms with E-state index in [1.165, 1.54) is 7.11 Å². The van der Waals surface area contributed by atoms with Crippen molar-refractivity contribution in [1.29, 1.82) is 0 Å². The number of esters is 1. The molecule has 0 radical (unpaired) electrons. The molecule has 1 unspecified atom stereocenters. The van der Waals surface area contributed by atoms with E-state index in [0.717, 1.165) is 17.1 Å². The summed E-state index contributed by atoms with van der Waals surface area (Å²) < 4.78 is 4.70. The maximum Gasteiger partial charge on any atom is 0.328 e. The number of amides is 1. The third-order valence-electron chi connectivity index (χ3n) is 3.07. The van der Waals surface area contributed by atoms with Gasteiger partial charge in [-0.25, -0.2) is 4.79 Å². The van der Waals surface area contributed by atoms with Crippen molar-refractivity contribution in [2.45, 2.75) is 37.6 Å². The lowest BCUT2D eigenvalue weighted by Crippen LogP contribution is -2.44. The van der Waals surface area contributed by atoms with E-state index in [2.05, 4.69) is 5.32 Å². The van der Waals surface area contributed by atoms with Crippen LogP contribution >= 0.6 is 23.4 Å². The molecule has 0 fully saturated rings. The zero-order valence-corrected chi connectivity index (χ0v) is 14.7. The number of hydrogen-bond donors (Lipinski definition) is 1. The van der Waals surface area contributed by atoms with E-state index in [0.29, 0.717) is 11.4 Å². The molecule has 1 N–H and O–H groups in total. The smallest absolute Gasteiger partial charge is 0.328 e. The summed E-state index contributed by atoms with van der Waals surface area (Å²) in [5.74, 6) is 0.305. The Morgan fingerprint density at radius 1 is 1.27 bits per heavy atom. The number of thioether (sulfide) groups is 1. The van der Waals surface area contributed by atoms with Gasteiger partial charge in [-0.05, 0) is 42.4 Å². The van der Waals surface area contributed by atoms with Gasteiger partial charge >= 0.3 is 5.97 Å². The first kappa shape index (κ1) is 18.8. The Kier molecular flexibility index (Phi) is 8.35. The highest BCUT2D eigenvalue weighted by molar-refractivity contribution is 7.99. The van der Waals surface area contributed by atoms with Crippen molar-refractivity contribution in [2.75, 3.05) is 12.9 Å². The first-order valence-electron chi connectivity index (χ1n) is 7.19. The van der Waals surface area contributed by atoms with Crippen LogP contribution < -0.4 is 5.32 Å². The molecule has 0 aliphatic carbocycles. The van der Waals surface area contributed by atoms with E-state index < -0.39 is 12.0 Å². The third kappa shape index (κ3) is 6.71. The minimum atomic E-state index is -0.582. The summed E-state index contributed by atoms with van der Waals surface area (Å²) in [7, 11) is 1.33. The predicted molar refractivity (Wildman–Crippen MR) is 90.2 cm³/mol. The Morgan fingerprint density at radius 3 is 2.45 bits per heavy atom. The van der Waals surface area contributed by atoms with Crippen LogP contribution in [0.2, 0.25) is 5.02 Å². The van der Waals surface area contributed by atoms with Crippen LogP contribution in [0.5, 0.6) is 0 Å². The van der Waals surface area contributed by atoms with Crippen molar-refractivity contribution in [3.05, 3.63) is 29.3 Å². The summed E-state index contributed by atoms with van der Waals surface area (Å²) in [6.07, 6.45) is 1.13. The second kappa shape index (κ2) is 9.74. The number of carbonyl (C=O) groups is 2. The lowest BCUT2D eigenvalue weighted by molar-refractivity contribution is -0.146. The van der Waals surface area contributed by atoms with Gasteiger partial charge in [-0.2, -0.15) is 0 Å². The molecular weight excluding hydrogens is 322 g/mol. The zero-order valence-electron chi connectivity index (χ0n) is 13.1. The van der Waals surface area contributed by atoms with Gasteiger partial charge in [0, 0.05) is 16.3 Å². The van der Waals surface area contributed by atoms with Gasteiger partial charge in [0.25, 0.3) is 0 Å². The number of benzene rings is 1. The summed E-state index contributed by atoms with van der Waals surface area (Å²) in [4.78, 5) is 24.6. The first-order valence-corrected chi connectivity index (χ1v) is 8.56. The molecule has 1 aromatic rings. The first-order chi connectivity index (χ1) is 10.4. The van der Waals surface area contributed by atoms with Gasteiger partial charge in [0.05, 0.1) is 7.11 Å². The molecule has 0 aromatic heterocycles. The third-order valence-corrected chi connectivity index (χ3v) is 4.42. The molecule has 6 heteroatoms. The van der Waals surface area contributed by atoms with E-state index in [9.17, 15) is 9.59 Å². The number of hydrogen-bond acceptors (Lipinski definition) is 4. The Morgan fingerprint density at radius 2 is 1.91 bits per heavy atom. The monoisotopic (exact) mass is 343 g/mol. The zero-order chi connectivity index (χ0) is 16.5. The van der Waals surface area contributed by atoms with E-state index in [1.807, 2.05) is 38.1 Å². The minimum Gasteiger partial charge on any atom is -0.467 e. The number of halogens is 1. The standard InChI is InChI=1S/C16H22ClNO3S/c1-11(2)15(16(20)21-3)18-14(19)5-4-10-22-13-8-6-12(17)7-9-13/h6-9,11,15H,4-5,10H2,1-3H3,(H,18,19). The molecule has 1 atom stereocenters. The number of rotatable bonds is 8. The van der Waals surface area contributed by atoms with Crippen LogP contribution in [0.3, 0.4) is 0 Å². The molecule has 0 saturated heterocycles. The van der Waals surface area contributed by atoms with E-state index in [1.54, 1.807) is 11.8 Å². The fraction of sp³-hybridized carbons (Fsp3) is 0.500.